The number of rotatable bonds is 7. The zero-order valence-corrected chi connectivity index (χ0v) is 12.2. The quantitative estimate of drug-likeness (QED) is 0.313. The minimum Gasteiger partial charge on any atom is -0.273 e. The molecule has 0 aliphatic heterocycles. The summed E-state index contributed by atoms with van der Waals surface area (Å²) >= 11 is 7.73. The van der Waals surface area contributed by atoms with Gasteiger partial charge in [0.15, 0.2) is 0 Å². The Bertz CT molecular complexity index is 428. The van der Waals surface area contributed by atoms with E-state index in [0.717, 1.165) is 17.1 Å². The number of nitrogens with zero attached hydrogens (tertiary/aromatic N) is 1. The molecule has 0 saturated carbocycles. The molecule has 0 aliphatic carbocycles. The van der Waals surface area contributed by atoms with E-state index >= 15 is 0 Å². The van der Waals surface area contributed by atoms with Crippen molar-refractivity contribution in [3.63, 3.8) is 0 Å². The third kappa shape index (κ3) is 7.05. The molecule has 0 aromatic heterocycles. The second kappa shape index (κ2) is 9.66. The Labute approximate surface area is 122 Å². The maximum atomic E-state index is 7.49. The van der Waals surface area contributed by atoms with Gasteiger partial charge in [-0.05, 0) is 11.8 Å². The summed E-state index contributed by atoms with van der Waals surface area (Å²) in [5, 5.41) is 12.0. The Balaban J connectivity index is 2.21. The van der Waals surface area contributed by atoms with Crippen LogP contribution in [-0.2, 0) is 4.84 Å². The normalized spacial score (nSPS) is 10.6. The molecule has 1 aromatic rings. The predicted octanol–water partition coefficient (Wildman–Crippen LogP) is 2.47. The van der Waals surface area contributed by atoms with Gasteiger partial charge in [-0.2, -0.15) is 16.9 Å². The first-order chi connectivity index (χ1) is 9.24. The summed E-state index contributed by atoms with van der Waals surface area (Å²) in [4.78, 5) is 5.07. The van der Waals surface area contributed by atoms with Crippen molar-refractivity contribution in [2.45, 2.75) is 6.92 Å². The molecule has 0 unspecified atom stereocenters. The molecule has 0 radical (unpaired) electrons. The van der Waals surface area contributed by atoms with Crippen molar-refractivity contribution in [1.29, 1.82) is 5.41 Å². The van der Waals surface area contributed by atoms with E-state index in [1.54, 1.807) is 24.0 Å². The molecule has 104 valence electrons. The van der Waals surface area contributed by atoms with Crippen LogP contribution in [-0.4, -0.2) is 30.3 Å². The number of guanidine groups is 1. The number of hydrogen-bond donors (Lipinski definition) is 3. The van der Waals surface area contributed by atoms with Gasteiger partial charge in [-0.15, -0.1) is 0 Å². The van der Waals surface area contributed by atoms with Gasteiger partial charge < -0.3 is 0 Å². The molecule has 0 bridgehead atoms. The molecule has 19 heavy (non-hydrogen) atoms. The van der Waals surface area contributed by atoms with Crippen LogP contribution in [0, 0.1) is 5.41 Å². The Kier molecular flexibility index (Phi) is 8.04. The summed E-state index contributed by atoms with van der Waals surface area (Å²) in [5.74, 6) is 1.92. The first-order valence-corrected chi connectivity index (χ1v) is 7.35. The summed E-state index contributed by atoms with van der Waals surface area (Å²) in [7, 11) is 0. The molecule has 7 heteroatoms. The van der Waals surface area contributed by atoms with E-state index in [0.29, 0.717) is 11.6 Å². The van der Waals surface area contributed by atoms with Gasteiger partial charge in [-0.25, -0.2) is 10.9 Å². The van der Waals surface area contributed by atoms with E-state index in [4.69, 9.17) is 21.8 Å². The summed E-state index contributed by atoms with van der Waals surface area (Å²) in [6.45, 7) is 2.63. The van der Waals surface area contributed by atoms with Crippen molar-refractivity contribution in [1.82, 2.24) is 10.9 Å². The highest BCUT2D eigenvalue weighted by atomic mass is 35.5. The number of hydroxylamine groups is 1. The number of hydrazone groups is 1. The van der Waals surface area contributed by atoms with Crippen LogP contribution in [0.3, 0.4) is 0 Å². The predicted molar refractivity (Wildman–Crippen MR) is 82.0 cm³/mol. The molecule has 0 fully saturated rings. The number of benzene rings is 1. The van der Waals surface area contributed by atoms with Crippen molar-refractivity contribution in [2.24, 2.45) is 5.10 Å². The van der Waals surface area contributed by atoms with Crippen molar-refractivity contribution in [3.05, 3.63) is 34.9 Å². The van der Waals surface area contributed by atoms with Gasteiger partial charge in [-0.3, -0.25) is 10.2 Å². The van der Waals surface area contributed by atoms with Gasteiger partial charge in [0.2, 0.25) is 5.96 Å². The summed E-state index contributed by atoms with van der Waals surface area (Å²) in [6.07, 6.45) is 1.55. The zero-order chi connectivity index (χ0) is 13.9. The molecule has 0 amide bonds. The third-order valence-corrected chi connectivity index (χ3v) is 3.20. The van der Waals surface area contributed by atoms with Gasteiger partial charge in [0, 0.05) is 16.3 Å². The maximum Gasteiger partial charge on any atom is 0.233 e. The lowest BCUT2D eigenvalue weighted by molar-refractivity contribution is 0.0959. The van der Waals surface area contributed by atoms with Crippen molar-refractivity contribution < 1.29 is 4.84 Å². The van der Waals surface area contributed by atoms with Crippen LogP contribution in [0.2, 0.25) is 5.02 Å². The Morgan fingerprint density at radius 1 is 1.53 bits per heavy atom. The van der Waals surface area contributed by atoms with Crippen LogP contribution in [0.25, 0.3) is 0 Å². The van der Waals surface area contributed by atoms with Gasteiger partial charge in [0.25, 0.3) is 0 Å². The second-order valence-corrected chi connectivity index (χ2v) is 5.22. The molecule has 0 atom stereocenters. The van der Waals surface area contributed by atoms with Gasteiger partial charge in [0.1, 0.15) is 0 Å². The zero-order valence-electron chi connectivity index (χ0n) is 10.6. The number of halogens is 1. The van der Waals surface area contributed by atoms with Crippen LogP contribution < -0.4 is 10.9 Å². The Morgan fingerprint density at radius 3 is 3.05 bits per heavy atom. The SMILES string of the molecule is CCSCCONC(=N)NN=Cc1ccccc1Cl. The molecular formula is C12H17ClN4OS. The monoisotopic (exact) mass is 300 g/mol. The minimum atomic E-state index is -0.0233. The number of hydrogen-bond acceptors (Lipinski definition) is 4. The average Bonchev–Trinajstić information content (AvgIpc) is 2.41. The van der Waals surface area contributed by atoms with Gasteiger partial charge in [0.05, 0.1) is 12.8 Å². The van der Waals surface area contributed by atoms with E-state index in [-0.39, 0.29) is 5.96 Å². The number of nitrogens with one attached hydrogen (secondary N) is 3. The van der Waals surface area contributed by atoms with Crippen molar-refractivity contribution in [2.75, 3.05) is 18.1 Å². The highest BCUT2D eigenvalue weighted by Gasteiger charge is 1.95. The van der Waals surface area contributed by atoms with E-state index in [1.807, 2.05) is 18.2 Å². The summed E-state index contributed by atoms with van der Waals surface area (Å²) in [5.41, 5.74) is 5.74. The van der Waals surface area contributed by atoms with Crippen molar-refractivity contribution >= 4 is 35.5 Å². The highest BCUT2D eigenvalue weighted by molar-refractivity contribution is 7.99. The fourth-order valence-corrected chi connectivity index (χ4v) is 1.81. The molecule has 0 spiro atoms. The lowest BCUT2D eigenvalue weighted by Gasteiger charge is -2.06. The Hall–Kier alpha value is -1.24. The van der Waals surface area contributed by atoms with E-state index in [1.165, 1.54) is 0 Å². The molecule has 0 saturated heterocycles. The minimum absolute atomic E-state index is 0.0233. The molecule has 1 aromatic carbocycles. The summed E-state index contributed by atoms with van der Waals surface area (Å²) < 4.78 is 0. The van der Waals surface area contributed by atoms with Gasteiger partial charge in [-0.1, -0.05) is 36.7 Å². The van der Waals surface area contributed by atoms with E-state index < -0.39 is 0 Å². The summed E-state index contributed by atoms with van der Waals surface area (Å²) in [6, 6.07) is 7.33. The largest absolute Gasteiger partial charge is 0.273 e. The molecular weight excluding hydrogens is 284 g/mol. The molecule has 5 nitrogen and oxygen atoms in total. The second-order valence-electron chi connectivity index (χ2n) is 3.41. The molecule has 3 N–H and O–H groups in total. The van der Waals surface area contributed by atoms with Crippen LogP contribution >= 0.6 is 23.4 Å². The fourth-order valence-electron chi connectivity index (χ4n) is 1.14. The lowest BCUT2D eigenvalue weighted by Crippen LogP contribution is -2.33. The van der Waals surface area contributed by atoms with Crippen LogP contribution in [0.15, 0.2) is 29.4 Å². The van der Waals surface area contributed by atoms with Crippen LogP contribution in [0.1, 0.15) is 12.5 Å². The lowest BCUT2D eigenvalue weighted by atomic mass is 10.2. The fraction of sp³-hybridized carbons (Fsp3) is 0.333. The van der Waals surface area contributed by atoms with Crippen LogP contribution in [0.5, 0.6) is 0 Å². The van der Waals surface area contributed by atoms with E-state index in [9.17, 15) is 0 Å². The first-order valence-electron chi connectivity index (χ1n) is 5.81. The molecule has 0 heterocycles. The Morgan fingerprint density at radius 2 is 2.32 bits per heavy atom. The standard InChI is InChI=1S/C12H17ClN4OS/c1-2-19-8-7-18-17-12(14)16-15-9-10-5-3-4-6-11(10)13/h3-6,9H,2,7-8H2,1H3,(H3,14,16,17). The number of thioether (sulfide) groups is 1. The maximum absolute atomic E-state index is 7.49. The molecule has 0 aliphatic rings. The van der Waals surface area contributed by atoms with Crippen LogP contribution in [0.4, 0.5) is 0 Å². The third-order valence-electron chi connectivity index (χ3n) is 1.99. The van der Waals surface area contributed by atoms with Gasteiger partial charge >= 0.3 is 0 Å². The van der Waals surface area contributed by atoms with Crippen molar-refractivity contribution in [3.8, 4) is 0 Å². The van der Waals surface area contributed by atoms with E-state index in [2.05, 4.69) is 22.9 Å². The average molecular weight is 301 g/mol. The highest BCUT2D eigenvalue weighted by Crippen LogP contribution is 2.11. The molecule has 1 rings (SSSR count). The topological polar surface area (TPSA) is 69.5 Å². The smallest absolute Gasteiger partial charge is 0.233 e. The first kappa shape index (κ1) is 15.8.